The van der Waals surface area contributed by atoms with Crippen molar-refractivity contribution < 1.29 is 8.42 Å². The molecule has 0 amide bonds. The highest BCUT2D eigenvalue weighted by atomic mass is 32.2. The third-order valence-corrected chi connectivity index (χ3v) is 3.54. The first-order chi connectivity index (χ1) is 9.49. The van der Waals surface area contributed by atoms with Crippen LogP contribution in [0.25, 0.3) is 0 Å². The number of primary sulfonamides is 1. The van der Waals surface area contributed by atoms with Gasteiger partial charge < -0.3 is 5.32 Å². The largest absolute Gasteiger partial charge is 0.366 e. The molecule has 0 fully saturated rings. The molecule has 2 rings (SSSR count). The SMILES string of the molecule is N#Cc1ccnc(NCc2ccc(S(N)(=O)=O)cc2)c1. The number of nitrogens with two attached hydrogens (primary N) is 1. The van der Waals surface area contributed by atoms with Crippen molar-refractivity contribution in [3.63, 3.8) is 0 Å². The molecule has 1 aromatic carbocycles. The molecule has 0 saturated carbocycles. The Balaban J connectivity index is 2.06. The topological polar surface area (TPSA) is 109 Å². The zero-order valence-electron chi connectivity index (χ0n) is 10.4. The van der Waals surface area contributed by atoms with Crippen LogP contribution in [0.4, 0.5) is 5.82 Å². The fraction of sp³-hybridized carbons (Fsp3) is 0.0769. The maximum Gasteiger partial charge on any atom is 0.238 e. The number of pyridine rings is 1. The second kappa shape index (κ2) is 5.69. The van der Waals surface area contributed by atoms with Crippen LogP contribution in [0.1, 0.15) is 11.1 Å². The summed E-state index contributed by atoms with van der Waals surface area (Å²) in [6.45, 7) is 0.465. The molecule has 6 nitrogen and oxygen atoms in total. The van der Waals surface area contributed by atoms with Crippen LogP contribution in [0, 0.1) is 11.3 Å². The van der Waals surface area contributed by atoms with E-state index < -0.39 is 10.0 Å². The van der Waals surface area contributed by atoms with Crippen LogP contribution in [0.2, 0.25) is 0 Å². The molecule has 3 N–H and O–H groups in total. The summed E-state index contributed by atoms with van der Waals surface area (Å²) >= 11 is 0. The van der Waals surface area contributed by atoms with Crippen molar-refractivity contribution in [3.8, 4) is 6.07 Å². The molecule has 7 heteroatoms. The van der Waals surface area contributed by atoms with Crippen LogP contribution in [-0.4, -0.2) is 13.4 Å². The third-order valence-electron chi connectivity index (χ3n) is 2.61. The van der Waals surface area contributed by atoms with E-state index in [9.17, 15) is 8.42 Å². The first kappa shape index (κ1) is 14.0. The summed E-state index contributed by atoms with van der Waals surface area (Å²) in [5.74, 6) is 0.583. The number of nitriles is 1. The van der Waals surface area contributed by atoms with E-state index >= 15 is 0 Å². The average molecular weight is 288 g/mol. The maximum atomic E-state index is 11.1. The first-order valence-electron chi connectivity index (χ1n) is 5.71. The Morgan fingerprint density at radius 3 is 2.55 bits per heavy atom. The second-order valence-electron chi connectivity index (χ2n) is 4.08. The zero-order chi connectivity index (χ0) is 14.6. The van der Waals surface area contributed by atoms with Crippen LogP contribution in [0.15, 0.2) is 47.5 Å². The first-order valence-corrected chi connectivity index (χ1v) is 7.25. The molecule has 0 radical (unpaired) electrons. The molecule has 20 heavy (non-hydrogen) atoms. The number of anilines is 1. The Kier molecular flexibility index (Phi) is 3.98. The molecule has 2 aromatic rings. The van der Waals surface area contributed by atoms with Crippen molar-refractivity contribution in [1.82, 2.24) is 4.98 Å². The Labute approximate surface area is 116 Å². The predicted molar refractivity (Wildman–Crippen MR) is 74.1 cm³/mol. The van der Waals surface area contributed by atoms with Gasteiger partial charge in [-0.1, -0.05) is 12.1 Å². The molecule has 1 heterocycles. The Hall–Kier alpha value is -2.43. The van der Waals surface area contributed by atoms with Gasteiger partial charge in [0.1, 0.15) is 5.82 Å². The number of hydrogen-bond acceptors (Lipinski definition) is 5. The minimum Gasteiger partial charge on any atom is -0.366 e. The highest BCUT2D eigenvalue weighted by molar-refractivity contribution is 7.89. The Morgan fingerprint density at radius 1 is 1.25 bits per heavy atom. The zero-order valence-corrected chi connectivity index (χ0v) is 11.3. The maximum absolute atomic E-state index is 11.1. The second-order valence-corrected chi connectivity index (χ2v) is 5.65. The van der Waals surface area contributed by atoms with Crippen molar-refractivity contribution in [2.45, 2.75) is 11.4 Å². The van der Waals surface area contributed by atoms with Gasteiger partial charge in [0.2, 0.25) is 10.0 Å². The molecule has 0 aliphatic carbocycles. The summed E-state index contributed by atoms with van der Waals surface area (Å²) in [5, 5.41) is 16.9. The summed E-state index contributed by atoms with van der Waals surface area (Å²) < 4.78 is 22.2. The lowest BCUT2D eigenvalue weighted by Crippen LogP contribution is -2.12. The minimum absolute atomic E-state index is 0.0749. The van der Waals surface area contributed by atoms with E-state index in [1.54, 1.807) is 30.5 Å². The van der Waals surface area contributed by atoms with E-state index in [4.69, 9.17) is 10.4 Å². The number of aromatic nitrogens is 1. The summed E-state index contributed by atoms with van der Waals surface area (Å²) in [5.41, 5.74) is 1.40. The molecule has 0 bridgehead atoms. The molecule has 0 atom stereocenters. The number of hydrogen-bond donors (Lipinski definition) is 2. The van der Waals surface area contributed by atoms with E-state index in [2.05, 4.69) is 10.3 Å². The van der Waals surface area contributed by atoms with Gasteiger partial charge in [0, 0.05) is 12.7 Å². The molecular formula is C13H12N4O2S. The van der Waals surface area contributed by atoms with E-state index in [1.165, 1.54) is 12.1 Å². The van der Waals surface area contributed by atoms with Crippen LogP contribution in [0.5, 0.6) is 0 Å². The molecule has 0 spiro atoms. The molecule has 102 valence electrons. The van der Waals surface area contributed by atoms with E-state index in [0.29, 0.717) is 17.9 Å². The van der Waals surface area contributed by atoms with E-state index in [1.807, 2.05) is 6.07 Å². The highest BCUT2D eigenvalue weighted by Crippen LogP contribution is 2.11. The average Bonchev–Trinajstić information content (AvgIpc) is 2.45. The van der Waals surface area contributed by atoms with Gasteiger partial charge in [-0.05, 0) is 29.8 Å². The number of benzene rings is 1. The quantitative estimate of drug-likeness (QED) is 0.879. The number of rotatable bonds is 4. The summed E-state index contributed by atoms with van der Waals surface area (Å²) in [6.07, 6.45) is 1.55. The molecule has 0 saturated heterocycles. The summed E-state index contributed by atoms with van der Waals surface area (Å²) in [7, 11) is -3.66. The van der Waals surface area contributed by atoms with E-state index in [0.717, 1.165) is 5.56 Å². The van der Waals surface area contributed by atoms with Crippen molar-refractivity contribution in [1.29, 1.82) is 5.26 Å². The van der Waals surface area contributed by atoms with Gasteiger partial charge in [-0.2, -0.15) is 5.26 Å². The van der Waals surface area contributed by atoms with Crippen LogP contribution in [0.3, 0.4) is 0 Å². The Bertz CT molecular complexity index is 749. The molecule has 1 aromatic heterocycles. The van der Waals surface area contributed by atoms with Gasteiger partial charge in [0.15, 0.2) is 0 Å². The third kappa shape index (κ3) is 3.54. The lowest BCUT2D eigenvalue weighted by atomic mass is 10.2. The van der Waals surface area contributed by atoms with Crippen LogP contribution in [-0.2, 0) is 16.6 Å². The fourth-order valence-electron chi connectivity index (χ4n) is 1.59. The van der Waals surface area contributed by atoms with Crippen molar-refractivity contribution in [2.24, 2.45) is 5.14 Å². The summed E-state index contributed by atoms with van der Waals surface area (Å²) in [6, 6.07) is 11.5. The summed E-state index contributed by atoms with van der Waals surface area (Å²) in [4.78, 5) is 4.16. The number of nitrogens with zero attached hydrogens (tertiary/aromatic N) is 2. The molecule has 0 aliphatic rings. The van der Waals surface area contributed by atoms with Gasteiger partial charge in [-0.15, -0.1) is 0 Å². The van der Waals surface area contributed by atoms with Gasteiger partial charge in [0.25, 0.3) is 0 Å². The lowest BCUT2D eigenvalue weighted by Gasteiger charge is -2.06. The van der Waals surface area contributed by atoms with Crippen LogP contribution < -0.4 is 10.5 Å². The standard InChI is InChI=1S/C13H12N4O2S/c14-8-11-5-6-16-13(7-11)17-9-10-1-3-12(4-2-10)20(15,18)19/h1-7H,9H2,(H,16,17)(H2,15,18,19). The minimum atomic E-state index is -3.66. The molecule has 0 unspecified atom stereocenters. The molecular weight excluding hydrogens is 276 g/mol. The smallest absolute Gasteiger partial charge is 0.238 e. The van der Waals surface area contributed by atoms with Crippen LogP contribution >= 0.6 is 0 Å². The van der Waals surface area contributed by atoms with Gasteiger partial charge in [0.05, 0.1) is 16.5 Å². The monoisotopic (exact) mass is 288 g/mol. The Morgan fingerprint density at radius 2 is 1.95 bits per heavy atom. The highest BCUT2D eigenvalue weighted by Gasteiger charge is 2.06. The van der Waals surface area contributed by atoms with E-state index in [-0.39, 0.29) is 4.90 Å². The predicted octanol–water partition coefficient (Wildman–Crippen LogP) is 1.21. The fourth-order valence-corrected chi connectivity index (χ4v) is 2.10. The van der Waals surface area contributed by atoms with Gasteiger partial charge >= 0.3 is 0 Å². The van der Waals surface area contributed by atoms with Gasteiger partial charge in [-0.3, -0.25) is 0 Å². The number of sulfonamides is 1. The molecule has 0 aliphatic heterocycles. The van der Waals surface area contributed by atoms with Crippen molar-refractivity contribution in [2.75, 3.05) is 5.32 Å². The van der Waals surface area contributed by atoms with Gasteiger partial charge in [-0.25, -0.2) is 18.5 Å². The number of nitrogens with one attached hydrogen (secondary N) is 1. The normalized spacial score (nSPS) is 10.8. The van der Waals surface area contributed by atoms with Crippen molar-refractivity contribution >= 4 is 15.8 Å². The lowest BCUT2D eigenvalue weighted by molar-refractivity contribution is 0.598. The van der Waals surface area contributed by atoms with Crippen molar-refractivity contribution in [3.05, 3.63) is 53.7 Å².